The standard InChI is InChI=1S/C7H10N2O4/c10-8(11)7(9(12)13)6-4-2-1-3-5-6/h2,4,6-7H,1,3,5H2. The molecule has 1 aliphatic carbocycles. The summed E-state index contributed by atoms with van der Waals surface area (Å²) < 4.78 is 0. The topological polar surface area (TPSA) is 86.3 Å². The van der Waals surface area contributed by atoms with Gasteiger partial charge < -0.3 is 0 Å². The highest BCUT2D eigenvalue weighted by atomic mass is 16.7. The number of allylic oxidation sites excluding steroid dienone is 1. The Morgan fingerprint density at radius 1 is 1.31 bits per heavy atom. The summed E-state index contributed by atoms with van der Waals surface area (Å²) >= 11 is 0. The molecule has 72 valence electrons. The maximum Gasteiger partial charge on any atom is 0.456 e. The Bertz CT molecular complexity index is 237. The van der Waals surface area contributed by atoms with Crippen LogP contribution in [0.25, 0.3) is 0 Å². The van der Waals surface area contributed by atoms with Crippen LogP contribution in [0.5, 0.6) is 0 Å². The fourth-order valence-corrected chi connectivity index (χ4v) is 1.48. The molecule has 13 heavy (non-hydrogen) atoms. The van der Waals surface area contributed by atoms with E-state index in [2.05, 4.69) is 0 Å². The Labute approximate surface area is 74.5 Å². The molecular formula is C7H10N2O4. The van der Waals surface area contributed by atoms with E-state index >= 15 is 0 Å². The average Bonchev–Trinajstić information content (AvgIpc) is 2.04. The summed E-state index contributed by atoms with van der Waals surface area (Å²) in [7, 11) is 0. The molecular weight excluding hydrogens is 176 g/mol. The van der Waals surface area contributed by atoms with Gasteiger partial charge in [-0.25, -0.2) is 0 Å². The van der Waals surface area contributed by atoms with E-state index in [1.807, 2.05) is 0 Å². The lowest BCUT2D eigenvalue weighted by molar-refractivity contribution is -0.749. The fraction of sp³-hybridized carbons (Fsp3) is 0.714. The molecule has 6 heteroatoms. The van der Waals surface area contributed by atoms with Crippen molar-refractivity contribution in [3.63, 3.8) is 0 Å². The summed E-state index contributed by atoms with van der Waals surface area (Å²) in [4.78, 5) is 19.1. The third kappa shape index (κ3) is 2.24. The van der Waals surface area contributed by atoms with Crippen molar-refractivity contribution in [3.05, 3.63) is 32.4 Å². The Hall–Kier alpha value is -1.46. The van der Waals surface area contributed by atoms with Gasteiger partial charge in [0, 0.05) is 0 Å². The second-order valence-corrected chi connectivity index (χ2v) is 3.01. The molecule has 0 radical (unpaired) electrons. The van der Waals surface area contributed by atoms with E-state index in [-0.39, 0.29) is 0 Å². The van der Waals surface area contributed by atoms with Gasteiger partial charge in [-0.2, -0.15) is 0 Å². The Balaban J connectivity index is 2.74. The van der Waals surface area contributed by atoms with Crippen LogP contribution < -0.4 is 0 Å². The highest BCUT2D eigenvalue weighted by Gasteiger charge is 2.40. The molecule has 0 aliphatic heterocycles. The summed E-state index contributed by atoms with van der Waals surface area (Å²) in [5.74, 6) is -0.543. The van der Waals surface area contributed by atoms with Crippen LogP contribution in [0, 0.1) is 26.1 Å². The number of hydrogen-bond donors (Lipinski definition) is 0. The zero-order chi connectivity index (χ0) is 9.84. The summed E-state index contributed by atoms with van der Waals surface area (Å²) in [6, 6.07) is 0. The molecule has 6 nitrogen and oxygen atoms in total. The average molecular weight is 186 g/mol. The first kappa shape index (κ1) is 9.63. The van der Waals surface area contributed by atoms with Crippen molar-refractivity contribution < 1.29 is 9.85 Å². The van der Waals surface area contributed by atoms with Crippen LogP contribution in [0.4, 0.5) is 0 Å². The van der Waals surface area contributed by atoms with Crippen LogP contribution >= 0.6 is 0 Å². The SMILES string of the molecule is O=[N+]([O-])C(C1C=CCCC1)[N+](=O)[O-]. The van der Waals surface area contributed by atoms with Crippen LogP contribution in [0.1, 0.15) is 19.3 Å². The summed E-state index contributed by atoms with van der Waals surface area (Å²) in [5, 5.41) is 20.7. The molecule has 1 atom stereocenters. The lowest BCUT2D eigenvalue weighted by Crippen LogP contribution is -2.36. The minimum Gasteiger partial charge on any atom is -0.259 e. The molecule has 1 unspecified atom stereocenters. The van der Waals surface area contributed by atoms with Gasteiger partial charge in [0.05, 0.1) is 9.85 Å². The lowest BCUT2D eigenvalue weighted by Gasteiger charge is -2.14. The van der Waals surface area contributed by atoms with Crippen LogP contribution in [0.3, 0.4) is 0 Å². The first-order chi connectivity index (χ1) is 6.13. The molecule has 1 aliphatic rings. The largest absolute Gasteiger partial charge is 0.456 e. The van der Waals surface area contributed by atoms with Crippen molar-refractivity contribution in [1.82, 2.24) is 0 Å². The van der Waals surface area contributed by atoms with Crippen molar-refractivity contribution in [2.24, 2.45) is 5.92 Å². The van der Waals surface area contributed by atoms with Gasteiger partial charge in [-0.15, -0.1) is 0 Å². The summed E-state index contributed by atoms with van der Waals surface area (Å²) in [5.41, 5.74) is 0. The zero-order valence-electron chi connectivity index (χ0n) is 6.96. The van der Waals surface area contributed by atoms with Crippen molar-refractivity contribution in [2.75, 3.05) is 0 Å². The van der Waals surface area contributed by atoms with E-state index in [9.17, 15) is 20.2 Å². The number of rotatable bonds is 3. The van der Waals surface area contributed by atoms with E-state index < -0.39 is 21.9 Å². The highest BCUT2D eigenvalue weighted by molar-refractivity contribution is 4.93. The molecule has 0 N–H and O–H groups in total. The third-order valence-corrected chi connectivity index (χ3v) is 2.11. The fourth-order valence-electron chi connectivity index (χ4n) is 1.48. The van der Waals surface area contributed by atoms with Crippen molar-refractivity contribution >= 4 is 0 Å². The van der Waals surface area contributed by atoms with Gasteiger partial charge in [0.15, 0.2) is 0 Å². The van der Waals surface area contributed by atoms with E-state index in [4.69, 9.17) is 0 Å². The van der Waals surface area contributed by atoms with E-state index in [1.54, 1.807) is 12.2 Å². The van der Waals surface area contributed by atoms with Crippen LogP contribution in [0.2, 0.25) is 0 Å². The predicted molar refractivity (Wildman–Crippen MR) is 44.3 cm³/mol. The molecule has 1 rings (SSSR count). The third-order valence-electron chi connectivity index (χ3n) is 2.11. The maximum absolute atomic E-state index is 10.4. The molecule has 0 heterocycles. The zero-order valence-corrected chi connectivity index (χ0v) is 6.96. The Morgan fingerprint density at radius 2 is 1.92 bits per heavy atom. The molecule has 0 amide bonds. The van der Waals surface area contributed by atoms with Crippen LogP contribution in [-0.2, 0) is 0 Å². The molecule has 0 saturated heterocycles. The minimum atomic E-state index is -1.67. The molecule has 0 saturated carbocycles. The van der Waals surface area contributed by atoms with Crippen molar-refractivity contribution in [2.45, 2.75) is 25.4 Å². The smallest absolute Gasteiger partial charge is 0.259 e. The van der Waals surface area contributed by atoms with Crippen LogP contribution in [0.15, 0.2) is 12.2 Å². The van der Waals surface area contributed by atoms with Gasteiger partial charge in [-0.3, -0.25) is 20.2 Å². The van der Waals surface area contributed by atoms with Gasteiger partial charge in [-0.05, 0) is 19.3 Å². The molecule has 0 aromatic carbocycles. The monoisotopic (exact) mass is 186 g/mol. The summed E-state index contributed by atoms with van der Waals surface area (Å²) in [6.07, 6.45) is 3.87. The highest BCUT2D eigenvalue weighted by Crippen LogP contribution is 2.22. The first-order valence-electron chi connectivity index (χ1n) is 4.06. The Morgan fingerprint density at radius 3 is 2.31 bits per heavy atom. The molecule has 0 bridgehead atoms. The predicted octanol–water partition coefficient (Wildman–Crippen LogP) is 1.22. The second kappa shape index (κ2) is 3.97. The molecule has 0 fully saturated rings. The van der Waals surface area contributed by atoms with Gasteiger partial charge in [0.2, 0.25) is 0 Å². The number of nitrogens with zero attached hydrogens (tertiary/aromatic N) is 2. The van der Waals surface area contributed by atoms with Crippen LogP contribution in [-0.4, -0.2) is 16.0 Å². The molecule has 0 spiro atoms. The van der Waals surface area contributed by atoms with Gasteiger partial charge >= 0.3 is 6.17 Å². The van der Waals surface area contributed by atoms with Gasteiger partial charge in [-0.1, -0.05) is 12.2 Å². The van der Waals surface area contributed by atoms with Gasteiger partial charge in [0.1, 0.15) is 5.92 Å². The Kier molecular flexibility index (Phi) is 2.94. The van der Waals surface area contributed by atoms with E-state index in [0.717, 1.165) is 12.8 Å². The number of nitro groups is 2. The number of hydrogen-bond acceptors (Lipinski definition) is 4. The maximum atomic E-state index is 10.4. The summed E-state index contributed by atoms with van der Waals surface area (Å²) in [6.45, 7) is 0. The molecule has 0 aromatic rings. The van der Waals surface area contributed by atoms with E-state index in [1.165, 1.54) is 0 Å². The van der Waals surface area contributed by atoms with Crippen molar-refractivity contribution in [3.8, 4) is 0 Å². The lowest BCUT2D eigenvalue weighted by atomic mass is 9.94. The first-order valence-corrected chi connectivity index (χ1v) is 4.06. The normalized spacial score (nSPS) is 21.8. The van der Waals surface area contributed by atoms with E-state index in [0.29, 0.717) is 6.42 Å². The van der Waals surface area contributed by atoms with Crippen molar-refractivity contribution in [1.29, 1.82) is 0 Å². The second-order valence-electron chi connectivity index (χ2n) is 3.01. The molecule has 0 aromatic heterocycles. The quantitative estimate of drug-likeness (QED) is 0.287. The van der Waals surface area contributed by atoms with Gasteiger partial charge in [0.25, 0.3) is 0 Å². The minimum absolute atomic E-state index is 0.531.